The van der Waals surface area contributed by atoms with Crippen LogP contribution in [0, 0.1) is 18.6 Å². The van der Waals surface area contributed by atoms with Crippen molar-refractivity contribution in [3.8, 4) is 0 Å². The molecule has 0 aliphatic carbocycles. The number of nitrogens with one attached hydrogen (secondary N) is 1. The summed E-state index contributed by atoms with van der Waals surface area (Å²) in [6, 6.07) is 3.81. The van der Waals surface area contributed by atoms with E-state index < -0.39 is 11.6 Å². The first-order chi connectivity index (χ1) is 8.99. The number of hydrogen-bond acceptors (Lipinski definition) is 3. The summed E-state index contributed by atoms with van der Waals surface area (Å²) in [5, 5.41) is 2.75. The summed E-state index contributed by atoms with van der Waals surface area (Å²) < 4.78 is 27.2. The fourth-order valence-corrected chi connectivity index (χ4v) is 1.77. The number of benzene rings is 1. The molecule has 0 unspecified atom stereocenters. The van der Waals surface area contributed by atoms with Crippen molar-refractivity contribution >= 4 is 28.6 Å². The van der Waals surface area contributed by atoms with Gasteiger partial charge in [0.25, 0.3) is 0 Å². The first kappa shape index (κ1) is 13.4. The quantitative estimate of drug-likeness (QED) is 0.848. The molecule has 3 nitrogen and oxygen atoms in total. The minimum absolute atomic E-state index is 0.00796. The second-order valence-corrected chi connectivity index (χ2v) is 4.43. The number of hydrogen-bond donors (Lipinski definition) is 2. The van der Waals surface area contributed by atoms with Crippen LogP contribution in [0.2, 0.25) is 0 Å². The molecular formula is C13H11F2N3S. The highest BCUT2D eigenvalue weighted by Gasteiger charge is 2.10. The third-order valence-corrected chi connectivity index (χ3v) is 2.82. The molecule has 0 radical (unpaired) electrons. The molecule has 0 amide bonds. The Bertz CT molecular complexity index is 644. The molecule has 19 heavy (non-hydrogen) atoms. The zero-order chi connectivity index (χ0) is 14.0. The molecule has 2 aromatic rings. The summed E-state index contributed by atoms with van der Waals surface area (Å²) in [6.07, 6.45) is 2.97. The van der Waals surface area contributed by atoms with Crippen molar-refractivity contribution in [3.63, 3.8) is 0 Å². The second kappa shape index (κ2) is 5.27. The van der Waals surface area contributed by atoms with Gasteiger partial charge < -0.3 is 11.1 Å². The van der Waals surface area contributed by atoms with Crippen molar-refractivity contribution in [3.05, 3.63) is 53.4 Å². The highest BCUT2D eigenvalue weighted by Crippen LogP contribution is 2.24. The lowest BCUT2D eigenvalue weighted by Crippen LogP contribution is -2.12. The molecule has 0 aliphatic rings. The predicted octanol–water partition coefficient (Wildman–Crippen LogP) is 3.05. The molecule has 0 spiro atoms. The molecule has 0 atom stereocenters. The van der Waals surface area contributed by atoms with Crippen LogP contribution in [0.1, 0.15) is 11.1 Å². The Morgan fingerprint density at radius 2 is 2.00 bits per heavy atom. The predicted molar refractivity (Wildman–Crippen MR) is 74.5 cm³/mol. The van der Waals surface area contributed by atoms with Crippen LogP contribution < -0.4 is 11.1 Å². The van der Waals surface area contributed by atoms with Crippen LogP contribution in [0.15, 0.2) is 30.6 Å². The van der Waals surface area contributed by atoms with Gasteiger partial charge in [0.05, 0.1) is 17.6 Å². The number of pyridine rings is 1. The zero-order valence-corrected chi connectivity index (χ0v) is 10.9. The van der Waals surface area contributed by atoms with E-state index in [1.54, 1.807) is 6.07 Å². The molecule has 0 aliphatic heterocycles. The van der Waals surface area contributed by atoms with E-state index in [2.05, 4.69) is 10.3 Å². The molecule has 0 fully saturated rings. The number of rotatable bonds is 3. The molecule has 1 aromatic heterocycles. The smallest absolute Gasteiger partial charge is 0.147 e. The molecule has 98 valence electrons. The van der Waals surface area contributed by atoms with Gasteiger partial charge >= 0.3 is 0 Å². The Hall–Kier alpha value is -2.08. The van der Waals surface area contributed by atoms with E-state index in [-0.39, 0.29) is 16.2 Å². The Kier molecular flexibility index (Phi) is 3.71. The van der Waals surface area contributed by atoms with Gasteiger partial charge in [-0.1, -0.05) is 12.2 Å². The van der Waals surface area contributed by atoms with Crippen LogP contribution in [-0.4, -0.2) is 9.97 Å². The third-order valence-electron chi connectivity index (χ3n) is 2.60. The lowest BCUT2D eigenvalue weighted by molar-refractivity contribution is 0.595. The molecule has 0 saturated heterocycles. The second-order valence-electron chi connectivity index (χ2n) is 3.99. The molecular weight excluding hydrogens is 268 g/mol. The van der Waals surface area contributed by atoms with Gasteiger partial charge in [-0.05, 0) is 24.6 Å². The van der Waals surface area contributed by atoms with Crippen molar-refractivity contribution < 1.29 is 8.78 Å². The van der Waals surface area contributed by atoms with Crippen molar-refractivity contribution in [2.24, 2.45) is 5.73 Å². The molecule has 0 saturated carbocycles. The van der Waals surface area contributed by atoms with Crippen LogP contribution in [0.25, 0.3) is 0 Å². The number of aryl methyl sites for hydroxylation is 1. The zero-order valence-electron chi connectivity index (χ0n) is 10.1. The van der Waals surface area contributed by atoms with E-state index in [1.165, 1.54) is 19.3 Å². The molecule has 2 rings (SSSR count). The monoisotopic (exact) mass is 279 g/mol. The van der Waals surface area contributed by atoms with E-state index in [0.29, 0.717) is 11.3 Å². The Balaban J connectivity index is 2.42. The van der Waals surface area contributed by atoms with Crippen LogP contribution >= 0.6 is 12.2 Å². The summed E-state index contributed by atoms with van der Waals surface area (Å²) in [4.78, 5) is 4.05. The van der Waals surface area contributed by atoms with Crippen molar-refractivity contribution in [1.29, 1.82) is 0 Å². The highest BCUT2D eigenvalue weighted by molar-refractivity contribution is 7.80. The molecule has 6 heteroatoms. The van der Waals surface area contributed by atoms with Gasteiger partial charge in [-0.15, -0.1) is 0 Å². The van der Waals surface area contributed by atoms with E-state index in [4.69, 9.17) is 18.0 Å². The Morgan fingerprint density at radius 3 is 2.68 bits per heavy atom. The van der Waals surface area contributed by atoms with Gasteiger partial charge in [0.1, 0.15) is 16.6 Å². The summed E-state index contributed by atoms with van der Waals surface area (Å²) in [6.45, 7) is 1.49. The first-order valence-electron chi connectivity index (χ1n) is 5.45. The number of nitrogens with two attached hydrogens (primary N) is 1. The van der Waals surface area contributed by atoms with Gasteiger partial charge in [-0.3, -0.25) is 4.98 Å². The third kappa shape index (κ3) is 2.85. The van der Waals surface area contributed by atoms with Crippen molar-refractivity contribution in [2.75, 3.05) is 5.32 Å². The molecule has 3 N–H and O–H groups in total. The number of nitrogens with zero attached hydrogens (tertiary/aromatic N) is 1. The van der Waals surface area contributed by atoms with Gasteiger partial charge in [0, 0.05) is 17.8 Å². The summed E-state index contributed by atoms with van der Waals surface area (Å²) in [7, 11) is 0. The Labute approximate surface area is 114 Å². The lowest BCUT2D eigenvalue weighted by atomic mass is 10.1. The normalized spacial score (nSPS) is 10.3. The van der Waals surface area contributed by atoms with Gasteiger partial charge in [-0.2, -0.15) is 0 Å². The number of halogens is 2. The molecule has 0 bridgehead atoms. The minimum Gasteiger partial charge on any atom is -0.389 e. The number of thiocarbonyl (C=S) groups is 1. The lowest BCUT2D eigenvalue weighted by Gasteiger charge is -2.12. The minimum atomic E-state index is -0.559. The average Bonchev–Trinajstić information content (AvgIpc) is 2.36. The maximum absolute atomic E-state index is 13.7. The van der Waals surface area contributed by atoms with Gasteiger partial charge in [-0.25, -0.2) is 8.78 Å². The standard InChI is InChI=1S/C13H11F2N3S/c1-7-4-10(15)11(5-9(7)14)18-12-6-17-3-2-8(12)13(16)19/h2-6,18H,1H3,(H2,16,19). The summed E-state index contributed by atoms with van der Waals surface area (Å²) >= 11 is 4.89. The summed E-state index contributed by atoms with van der Waals surface area (Å²) in [5.74, 6) is -1.05. The van der Waals surface area contributed by atoms with E-state index in [1.807, 2.05) is 0 Å². The topological polar surface area (TPSA) is 50.9 Å². The maximum Gasteiger partial charge on any atom is 0.147 e. The largest absolute Gasteiger partial charge is 0.389 e. The van der Waals surface area contributed by atoms with Crippen LogP contribution in [0.5, 0.6) is 0 Å². The SMILES string of the molecule is Cc1cc(F)c(Nc2cnccc2C(N)=S)cc1F. The summed E-state index contributed by atoms with van der Waals surface area (Å²) in [5.41, 5.74) is 6.75. The van der Waals surface area contributed by atoms with E-state index in [0.717, 1.165) is 12.1 Å². The first-order valence-corrected chi connectivity index (χ1v) is 5.86. The fraction of sp³-hybridized carbons (Fsp3) is 0.0769. The van der Waals surface area contributed by atoms with Crippen molar-refractivity contribution in [2.45, 2.75) is 6.92 Å². The maximum atomic E-state index is 13.7. The molecule has 1 heterocycles. The van der Waals surface area contributed by atoms with E-state index >= 15 is 0 Å². The number of aromatic nitrogens is 1. The van der Waals surface area contributed by atoms with Crippen molar-refractivity contribution in [1.82, 2.24) is 4.98 Å². The number of anilines is 2. The fourth-order valence-electron chi connectivity index (χ4n) is 1.60. The highest BCUT2D eigenvalue weighted by atomic mass is 32.1. The van der Waals surface area contributed by atoms with Crippen LogP contribution in [0.4, 0.5) is 20.2 Å². The van der Waals surface area contributed by atoms with Crippen LogP contribution in [0.3, 0.4) is 0 Å². The van der Waals surface area contributed by atoms with Crippen LogP contribution in [-0.2, 0) is 0 Å². The average molecular weight is 279 g/mol. The van der Waals surface area contributed by atoms with Gasteiger partial charge in [0.2, 0.25) is 0 Å². The Morgan fingerprint density at radius 1 is 1.26 bits per heavy atom. The van der Waals surface area contributed by atoms with Gasteiger partial charge in [0.15, 0.2) is 0 Å². The molecule has 1 aromatic carbocycles. The van der Waals surface area contributed by atoms with E-state index in [9.17, 15) is 8.78 Å².